The lowest BCUT2D eigenvalue weighted by molar-refractivity contribution is 0.637. The highest BCUT2D eigenvalue weighted by Crippen LogP contribution is 2.17. The van der Waals surface area contributed by atoms with Gasteiger partial charge in [0.05, 0.1) is 0 Å². The first kappa shape index (κ1) is 6.92. The fourth-order valence-electron chi connectivity index (χ4n) is 1.33. The van der Waals surface area contributed by atoms with E-state index in [4.69, 9.17) is 0 Å². The number of hydrogen-bond acceptors (Lipinski definition) is 0. The summed E-state index contributed by atoms with van der Waals surface area (Å²) >= 11 is 0. The SMILES string of the molecule is BC1/C=C\CCCCC1. The van der Waals surface area contributed by atoms with E-state index in [-0.39, 0.29) is 0 Å². The van der Waals surface area contributed by atoms with Crippen LogP contribution in [-0.4, -0.2) is 7.85 Å². The molecule has 9 heavy (non-hydrogen) atoms. The second-order valence-corrected chi connectivity index (χ2v) is 3.04. The van der Waals surface area contributed by atoms with E-state index in [1.807, 2.05) is 0 Å². The molecule has 0 nitrogen and oxygen atoms in total. The van der Waals surface area contributed by atoms with Gasteiger partial charge in [-0.2, -0.15) is 0 Å². The summed E-state index contributed by atoms with van der Waals surface area (Å²) in [5.41, 5.74) is 0. The van der Waals surface area contributed by atoms with Crippen molar-refractivity contribution >= 4 is 7.85 Å². The highest BCUT2D eigenvalue weighted by molar-refractivity contribution is 6.12. The second-order valence-electron chi connectivity index (χ2n) is 3.04. The first-order chi connectivity index (χ1) is 4.39. The van der Waals surface area contributed by atoms with Gasteiger partial charge in [0.2, 0.25) is 0 Å². The van der Waals surface area contributed by atoms with Crippen LogP contribution in [0.4, 0.5) is 0 Å². The average Bonchev–Trinajstić information content (AvgIpc) is 1.79. The van der Waals surface area contributed by atoms with Crippen molar-refractivity contribution in [1.29, 1.82) is 0 Å². The van der Waals surface area contributed by atoms with Gasteiger partial charge in [-0.1, -0.05) is 37.2 Å². The Balaban J connectivity index is 2.30. The largest absolute Gasteiger partial charge is 0.110 e. The van der Waals surface area contributed by atoms with Crippen LogP contribution in [0.25, 0.3) is 0 Å². The van der Waals surface area contributed by atoms with E-state index in [0.717, 1.165) is 5.82 Å². The third-order valence-electron chi connectivity index (χ3n) is 1.99. The minimum atomic E-state index is 0.838. The summed E-state index contributed by atoms with van der Waals surface area (Å²) in [6.45, 7) is 0. The molecule has 0 saturated carbocycles. The van der Waals surface area contributed by atoms with E-state index in [9.17, 15) is 0 Å². The van der Waals surface area contributed by atoms with Crippen molar-refractivity contribution in [2.45, 2.75) is 37.9 Å². The van der Waals surface area contributed by atoms with E-state index in [0.29, 0.717) is 0 Å². The molecule has 0 N–H and O–H groups in total. The molecule has 1 rings (SSSR count). The molecule has 0 aromatic heterocycles. The Morgan fingerprint density at radius 3 is 3.00 bits per heavy atom. The Morgan fingerprint density at radius 2 is 2.11 bits per heavy atom. The Kier molecular flexibility index (Phi) is 2.89. The first-order valence-electron chi connectivity index (χ1n) is 4.06. The van der Waals surface area contributed by atoms with Gasteiger partial charge in [0.15, 0.2) is 0 Å². The van der Waals surface area contributed by atoms with Crippen molar-refractivity contribution in [3.63, 3.8) is 0 Å². The second kappa shape index (κ2) is 3.76. The Bertz CT molecular complexity index is 96.7. The predicted octanol–water partition coefficient (Wildman–Crippen LogP) is 1.93. The molecule has 0 saturated heterocycles. The predicted molar refractivity (Wildman–Crippen MR) is 44.5 cm³/mol. The maximum absolute atomic E-state index is 2.36. The lowest BCUT2D eigenvalue weighted by atomic mass is 9.81. The maximum atomic E-state index is 2.36. The Labute approximate surface area is 58.8 Å². The molecule has 0 fully saturated rings. The van der Waals surface area contributed by atoms with Crippen LogP contribution in [0, 0.1) is 0 Å². The molecule has 0 amide bonds. The van der Waals surface area contributed by atoms with E-state index in [1.54, 1.807) is 0 Å². The minimum absolute atomic E-state index is 0.838. The fraction of sp³-hybridized carbons (Fsp3) is 0.750. The molecule has 1 heteroatoms. The molecule has 1 atom stereocenters. The van der Waals surface area contributed by atoms with Crippen molar-refractivity contribution in [1.82, 2.24) is 0 Å². The molecule has 0 radical (unpaired) electrons. The zero-order chi connectivity index (χ0) is 6.53. The summed E-state index contributed by atoms with van der Waals surface area (Å²) in [6, 6.07) is 0. The van der Waals surface area contributed by atoms with Gasteiger partial charge in [-0.15, -0.1) is 0 Å². The van der Waals surface area contributed by atoms with Crippen molar-refractivity contribution in [2.24, 2.45) is 0 Å². The highest BCUT2D eigenvalue weighted by Gasteiger charge is 1.98. The van der Waals surface area contributed by atoms with Crippen LogP contribution in [0.5, 0.6) is 0 Å². The average molecular weight is 122 g/mol. The van der Waals surface area contributed by atoms with Gasteiger partial charge in [0.25, 0.3) is 0 Å². The maximum Gasteiger partial charge on any atom is 0.110 e. The summed E-state index contributed by atoms with van der Waals surface area (Å²) in [5.74, 6) is 0.838. The number of allylic oxidation sites excluding steroid dienone is 2. The molecule has 0 bridgehead atoms. The lowest BCUT2D eigenvalue weighted by Crippen LogP contribution is -1.90. The molecule has 1 aliphatic carbocycles. The van der Waals surface area contributed by atoms with Crippen molar-refractivity contribution in [3.8, 4) is 0 Å². The van der Waals surface area contributed by atoms with Gasteiger partial charge in [0.1, 0.15) is 7.85 Å². The molecular weight excluding hydrogens is 107 g/mol. The summed E-state index contributed by atoms with van der Waals surface area (Å²) in [5, 5.41) is 0. The summed E-state index contributed by atoms with van der Waals surface area (Å²) in [6.07, 6.45) is 11.7. The molecule has 1 aliphatic rings. The lowest BCUT2D eigenvalue weighted by Gasteiger charge is -2.08. The third kappa shape index (κ3) is 2.74. The third-order valence-corrected chi connectivity index (χ3v) is 1.99. The topological polar surface area (TPSA) is 0 Å². The summed E-state index contributed by atoms with van der Waals surface area (Å²) in [4.78, 5) is 0. The van der Waals surface area contributed by atoms with Crippen LogP contribution in [-0.2, 0) is 0 Å². The van der Waals surface area contributed by atoms with Gasteiger partial charge in [-0.3, -0.25) is 0 Å². The smallest absolute Gasteiger partial charge is 0.0934 e. The first-order valence-corrected chi connectivity index (χ1v) is 4.06. The van der Waals surface area contributed by atoms with Crippen LogP contribution < -0.4 is 0 Å². The van der Waals surface area contributed by atoms with Gasteiger partial charge in [-0.05, 0) is 12.8 Å². The molecule has 0 aliphatic heterocycles. The van der Waals surface area contributed by atoms with Crippen LogP contribution in [0.2, 0.25) is 5.82 Å². The fourth-order valence-corrected chi connectivity index (χ4v) is 1.33. The van der Waals surface area contributed by atoms with Gasteiger partial charge in [-0.25, -0.2) is 0 Å². The van der Waals surface area contributed by atoms with Crippen LogP contribution in [0.15, 0.2) is 12.2 Å². The normalized spacial score (nSPS) is 32.7. The van der Waals surface area contributed by atoms with E-state index in [1.165, 1.54) is 32.1 Å². The highest BCUT2D eigenvalue weighted by atomic mass is 14.0. The molecule has 0 aromatic rings. The number of rotatable bonds is 0. The van der Waals surface area contributed by atoms with Crippen LogP contribution >= 0.6 is 0 Å². The van der Waals surface area contributed by atoms with Crippen molar-refractivity contribution < 1.29 is 0 Å². The van der Waals surface area contributed by atoms with Gasteiger partial charge < -0.3 is 0 Å². The number of hydrogen-bond donors (Lipinski definition) is 0. The zero-order valence-corrected chi connectivity index (χ0v) is 6.27. The van der Waals surface area contributed by atoms with Crippen molar-refractivity contribution in [2.75, 3.05) is 0 Å². The van der Waals surface area contributed by atoms with Gasteiger partial charge >= 0.3 is 0 Å². The molecule has 0 heterocycles. The van der Waals surface area contributed by atoms with E-state index < -0.39 is 0 Å². The minimum Gasteiger partial charge on any atom is -0.0934 e. The summed E-state index contributed by atoms with van der Waals surface area (Å²) < 4.78 is 0. The van der Waals surface area contributed by atoms with Crippen LogP contribution in [0.3, 0.4) is 0 Å². The van der Waals surface area contributed by atoms with Gasteiger partial charge in [0, 0.05) is 0 Å². The quantitative estimate of drug-likeness (QED) is 0.340. The zero-order valence-electron chi connectivity index (χ0n) is 6.27. The standard InChI is InChI=1S/C8H15B/c9-8-6-4-2-1-3-5-7-8/h4,6,8H,1-3,5,7,9H2/b6-4-. The Hall–Kier alpha value is -0.195. The van der Waals surface area contributed by atoms with Crippen LogP contribution in [0.1, 0.15) is 32.1 Å². The van der Waals surface area contributed by atoms with E-state index in [2.05, 4.69) is 20.0 Å². The van der Waals surface area contributed by atoms with E-state index >= 15 is 0 Å². The Morgan fingerprint density at radius 1 is 1.22 bits per heavy atom. The molecule has 0 spiro atoms. The molecule has 1 unspecified atom stereocenters. The van der Waals surface area contributed by atoms with Crippen molar-refractivity contribution in [3.05, 3.63) is 12.2 Å². The molecule has 0 aromatic carbocycles. The molecular formula is C8H15B. The summed E-state index contributed by atoms with van der Waals surface area (Å²) in [7, 11) is 2.31. The monoisotopic (exact) mass is 122 g/mol. The molecule has 50 valence electrons.